The minimum absolute atomic E-state index is 1.14. The molecule has 0 amide bonds. The molecule has 2 nitrogen and oxygen atoms in total. The van der Waals surface area contributed by atoms with Gasteiger partial charge in [-0.05, 0) is 96.7 Å². The van der Waals surface area contributed by atoms with Crippen LogP contribution >= 0.6 is 0 Å². The molecule has 0 saturated carbocycles. The number of nitrogens with zero attached hydrogens (tertiary/aromatic N) is 2. The summed E-state index contributed by atoms with van der Waals surface area (Å²) in [4.78, 5) is 4.43. The van der Waals surface area contributed by atoms with Crippen LogP contribution in [0.5, 0.6) is 0 Å². The van der Waals surface area contributed by atoms with Crippen molar-refractivity contribution in [1.29, 1.82) is 0 Å². The van der Waals surface area contributed by atoms with Gasteiger partial charge in [-0.3, -0.25) is 4.98 Å². The molecular weight excluding hydrogens is 617 g/mol. The summed E-state index contributed by atoms with van der Waals surface area (Å²) >= 11 is 0. The minimum atomic E-state index is 1.14. The maximum absolute atomic E-state index is 4.43. The average molecular weight is 647 g/mol. The summed E-state index contributed by atoms with van der Waals surface area (Å²) in [7, 11) is 0. The molecule has 236 valence electrons. The van der Waals surface area contributed by atoms with Crippen molar-refractivity contribution < 1.29 is 0 Å². The largest absolute Gasteiger partial charge is 0.309 e. The highest BCUT2D eigenvalue weighted by molar-refractivity contribution is 6.20. The Labute approximate surface area is 295 Å². The number of aromatic nitrogens is 2. The summed E-state index contributed by atoms with van der Waals surface area (Å²) in [6.07, 6.45) is 3.86. The second-order valence-corrected chi connectivity index (χ2v) is 13.6. The topological polar surface area (TPSA) is 17.8 Å². The van der Waals surface area contributed by atoms with Gasteiger partial charge in [-0.25, -0.2) is 0 Å². The highest BCUT2D eigenvalue weighted by Crippen LogP contribution is 2.49. The van der Waals surface area contributed by atoms with E-state index in [4.69, 9.17) is 0 Å². The van der Waals surface area contributed by atoms with Crippen molar-refractivity contribution in [2.45, 2.75) is 0 Å². The number of benzene rings is 8. The molecule has 10 aromatic rings. The maximum atomic E-state index is 4.43. The van der Waals surface area contributed by atoms with Gasteiger partial charge in [0.05, 0.1) is 11.0 Å². The molecule has 0 unspecified atom stereocenters. The van der Waals surface area contributed by atoms with Gasteiger partial charge in [0.1, 0.15) is 0 Å². The predicted molar refractivity (Wildman–Crippen MR) is 214 cm³/mol. The zero-order chi connectivity index (χ0) is 33.5. The Morgan fingerprint density at radius 1 is 0.373 bits per heavy atom. The molecule has 1 aliphatic rings. The summed E-state index contributed by atoms with van der Waals surface area (Å²) < 4.78 is 2.42. The van der Waals surface area contributed by atoms with Crippen LogP contribution in [-0.2, 0) is 0 Å². The number of pyridine rings is 1. The number of hydrogen-bond donors (Lipinski definition) is 0. The highest BCUT2D eigenvalue weighted by atomic mass is 15.0. The van der Waals surface area contributed by atoms with E-state index >= 15 is 0 Å². The zero-order valence-electron chi connectivity index (χ0n) is 27.7. The Hall–Kier alpha value is -6.77. The van der Waals surface area contributed by atoms with Gasteiger partial charge >= 0.3 is 0 Å². The van der Waals surface area contributed by atoms with Crippen molar-refractivity contribution in [3.8, 4) is 61.3 Å². The molecular formula is C49H30N2. The van der Waals surface area contributed by atoms with Gasteiger partial charge in [-0.2, -0.15) is 0 Å². The summed E-state index contributed by atoms with van der Waals surface area (Å²) in [5.41, 5.74) is 16.2. The third-order valence-electron chi connectivity index (χ3n) is 10.9. The minimum Gasteiger partial charge on any atom is -0.309 e. The lowest BCUT2D eigenvalue weighted by molar-refractivity contribution is 1.19. The molecule has 0 saturated heterocycles. The Kier molecular flexibility index (Phi) is 5.99. The Morgan fingerprint density at radius 2 is 1.02 bits per heavy atom. The van der Waals surface area contributed by atoms with Gasteiger partial charge in [0.2, 0.25) is 0 Å². The van der Waals surface area contributed by atoms with E-state index in [9.17, 15) is 0 Å². The Morgan fingerprint density at radius 3 is 1.84 bits per heavy atom. The van der Waals surface area contributed by atoms with E-state index in [2.05, 4.69) is 179 Å². The first-order chi connectivity index (χ1) is 25.3. The summed E-state index contributed by atoms with van der Waals surface area (Å²) in [5.74, 6) is 0. The lowest BCUT2D eigenvalue weighted by Crippen LogP contribution is -1.95. The van der Waals surface area contributed by atoms with Crippen molar-refractivity contribution in [3.05, 3.63) is 182 Å². The molecule has 0 bridgehead atoms. The van der Waals surface area contributed by atoms with Crippen molar-refractivity contribution in [1.82, 2.24) is 9.55 Å². The molecule has 1 aliphatic carbocycles. The normalized spacial score (nSPS) is 11.9. The lowest BCUT2D eigenvalue weighted by atomic mass is 9.93. The highest BCUT2D eigenvalue weighted by Gasteiger charge is 2.22. The molecule has 11 rings (SSSR count). The second kappa shape index (κ2) is 10.9. The molecule has 51 heavy (non-hydrogen) atoms. The van der Waals surface area contributed by atoms with Crippen LogP contribution in [0.4, 0.5) is 0 Å². The van der Waals surface area contributed by atoms with Gasteiger partial charge in [0.15, 0.2) is 0 Å². The Bertz CT molecular complexity index is 2960. The summed E-state index contributed by atoms with van der Waals surface area (Å²) in [5, 5.41) is 7.48. The van der Waals surface area contributed by atoms with Gasteiger partial charge in [-0.1, -0.05) is 140 Å². The lowest BCUT2D eigenvalue weighted by Gasteiger charge is -2.12. The van der Waals surface area contributed by atoms with Crippen molar-refractivity contribution >= 4 is 43.4 Å². The van der Waals surface area contributed by atoms with Crippen LogP contribution in [0.2, 0.25) is 0 Å². The van der Waals surface area contributed by atoms with Crippen LogP contribution in [0.3, 0.4) is 0 Å². The van der Waals surface area contributed by atoms with E-state index in [1.54, 1.807) is 0 Å². The summed E-state index contributed by atoms with van der Waals surface area (Å²) in [6.45, 7) is 0. The van der Waals surface area contributed by atoms with E-state index in [-0.39, 0.29) is 0 Å². The van der Waals surface area contributed by atoms with Crippen LogP contribution in [-0.4, -0.2) is 9.55 Å². The fraction of sp³-hybridized carbons (Fsp3) is 0. The molecule has 2 heterocycles. The van der Waals surface area contributed by atoms with Crippen LogP contribution in [0.25, 0.3) is 105 Å². The van der Waals surface area contributed by atoms with Crippen LogP contribution in [0.15, 0.2) is 182 Å². The molecule has 0 fully saturated rings. The van der Waals surface area contributed by atoms with E-state index in [0.29, 0.717) is 0 Å². The second-order valence-electron chi connectivity index (χ2n) is 13.6. The SMILES string of the molecule is c1ccc(-c2ccc(-n3c4ccc(-c5ccc(-c6ccc7c8c(cccc68)-c6ccccc6-7)cc5)cc4c4ccc5cnccc5c43)cc2)cc1. The molecule has 2 aromatic heterocycles. The zero-order valence-corrected chi connectivity index (χ0v) is 27.7. The third-order valence-corrected chi connectivity index (χ3v) is 10.9. The van der Waals surface area contributed by atoms with Gasteiger partial charge in [-0.15, -0.1) is 0 Å². The van der Waals surface area contributed by atoms with E-state index in [1.165, 1.54) is 93.6 Å². The third kappa shape index (κ3) is 4.20. The standard InChI is InChI=1S/C49H30N2/c1-2-7-31(8-3-1)32-17-21-37(22-18-32)51-47-26-20-35(29-46(47)45-23-19-36-30-50-28-27-39(36)49(45)51)33-13-15-34(16-14-33)38-24-25-44-41-10-5-4-9-40(41)43-12-6-11-42(38)48(43)44/h1-30H. The predicted octanol–water partition coefficient (Wildman–Crippen LogP) is 13.1. The van der Waals surface area contributed by atoms with Gasteiger partial charge in [0, 0.05) is 39.6 Å². The number of rotatable bonds is 4. The molecule has 8 aromatic carbocycles. The Balaban J connectivity index is 1.03. The quantitative estimate of drug-likeness (QED) is 0.186. The monoisotopic (exact) mass is 646 g/mol. The first kappa shape index (κ1) is 28.1. The number of fused-ring (bicyclic) bond motifs is 8. The first-order valence-electron chi connectivity index (χ1n) is 17.5. The van der Waals surface area contributed by atoms with Crippen molar-refractivity contribution in [3.63, 3.8) is 0 Å². The molecule has 0 atom stereocenters. The van der Waals surface area contributed by atoms with Crippen molar-refractivity contribution in [2.24, 2.45) is 0 Å². The van der Waals surface area contributed by atoms with Crippen LogP contribution in [0, 0.1) is 0 Å². The van der Waals surface area contributed by atoms with Gasteiger partial charge < -0.3 is 4.57 Å². The first-order valence-corrected chi connectivity index (χ1v) is 17.5. The van der Waals surface area contributed by atoms with E-state index < -0.39 is 0 Å². The smallest absolute Gasteiger partial charge is 0.0620 e. The van der Waals surface area contributed by atoms with Gasteiger partial charge in [0.25, 0.3) is 0 Å². The molecule has 0 N–H and O–H groups in total. The van der Waals surface area contributed by atoms with Crippen LogP contribution < -0.4 is 0 Å². The fourth-order valence-corrected chi connectivity index (χ4v) is 8.46. The van der Waals surface area contributed by atoms with E-state index in [0.717, 1.165) is 11.1 Å². The van der Waals surface area contributed by atoms with Crippen molar-refractivity contribution in [2.75, 3.05) is 0 Å². The molecule has 0 aliphatic heterocycles. The molecule has 0 spiro atoms. The average Bonchev–Trinajstić information content (AvgIpc) is 3.72. The maximum Gasteiger partial charge on any atom is 0.0620 e. The van der Waals surface area contributed by atoms with Crippen LogP contribution in [0.1, 0.15) is 0 Å². The number of hydrogen-bond acceptors (Lipinski definition) is 1. The molecule has 0 radical (unpaired) electrons. The van der Waals surface area contributed by atoms with E-state index in [1.807, 2.05) is 12.4 Å². The summed E-state index contributed by atoms with van der Waals surface area (Å²) in [6, 6.07) is 62.3. The fourth-order valence-electron chi connectivity index (χ4n) is 8.46. The molecule has 2 heteroatoms.